The van der Waals surface area contributed by atoms with E-state index < -0.39 is 0 Å². The Morgan fingerprint density at radius 3 is 2.70 bits per heavy atom. The second-order valence-electron chi connectivity index (χ2n) is 6.99. The van der Waals surface area contributed by atoms with Gasteiger partial charge >= 0.3 is 0 Å². The normalized spacial score (nSPS) is 16.5. The minimum absolute atomic E-state index is 0.0329. The molecule has 1 N–H and O–H groups in total. The van der Waals surface area contributed by atoms with Gasteiger partial charge in [0.15, 0.2) is 18.1 Å². The Kier molecular flexibility index (Phi) is 5.12. The van der Waals surface area contributed by atoms with Crippen LogP contribution in [0.25, 0.3) is 0 Å². The van der Waals surface area contributed by atoms with Gasteiger partial charge in [0, 0.05) is 5.02 Å². The molecule has 2 aromatic carbocycles. The standard InChI is InChI=1S/C21H22ClNO4/c1-13-10-16(5-6-17(13)22)27-12-20(24)23-21(14-2-3-14)15-4-7-18-19(11-15)26-9-8-25-18/h4-7,10-11,14,21H,2-3,8-9,12H2,1H3,(H,23,24). The van der Waals surface area contributed by atoms with Crippen molar-refractivity contribution in [1.82, 2.24) is 5.32 Å². The van der Waals surface area contributed by atoms with Crippen LogP contribution >= 0.6 is 11.6 Å². The van der Waals surface area contributed by atoms with Crippen molar-refractivity contribution in [3.05, 3.63) is 52.5 Å². The molecule has 0 saturated heterocycles. The molecule has 4 rings (SSSR count). The van der Waals surface area contributed by atoms with E-state index in [1.807, 2.05) is 31.2 Å². The van der Waals surface area contributed by atoms with Crippen molar-refractivity contribution in [3.63, 3.8) is 0 Å². The van der Waals surface area contributed by atoms with Crippen LogP contribution in [0.3, 0.4) is 0 Å². The van der Waals surface area contributed by atoms with E-state index in [2.05, 4.69) is 5.32 Å². The zero-order valence-corrected chi connectivity index (χ0v) is 15.9. The third kappa shape index (κ3) is 4.30. The van der Waals surface area contributed by atoms with Crippen LogP contribution in [0.5, 0.6) is 17.2 Å². The number of nitrogens with one attached hydrogen (secondary N) is 1. The summed E-state index contributed by atoms with van der Waals surface area (Å²) in [4.78, 5) is 12.5. The molecule has 1 saturated carbocycles. The maximum atomic E-state index is 12.5. The van der Waals surface area contributed by atoms with Gasteiger partial charge in [0.1, 0.15) is 19.0 Å². The van der Waals surface area contributed by atoms with E-state index in [0.29, 0.717) is 29.9 Å². The fourth-order valence-corrected chi connectivity index (χ4v) is 3.34. The molecule has 6 heteroatoms. The summed E-state index contributed by atoms with van der Waals surface area (Å²) in [6.45, 7) is 2.98. The molecule has 0 bridgehead atoms. The zero-order valence-electron chi connectivity index (χ0n) is 15.2. The Labute approximate surface area is 163 Å². The third-order valence-corrected chi connectivity index (χ3v) is 5.26. The van der Waals surface area contributed by atoms with E-state index in [0.717, 1.165) is 35.5 Å². The number of aryl methyl sites for hydroxylation is 1. The Balaban J connectivity index is 1.41. The average Bonchev–Trinajstić information content (AvgIpc) is 3.52. The van der Waals surface area contributed by atoms with Gasteiger partial charge in [0.05, 0.1) is 6.04 Å². The molecule has 1 heterocycles. The van der Waals surface area contributed by atoms with Crippen LogP contribution in [0.1, 0.15) is 30.0 Å². The van der Waals surface area contributed by atoms with E-state index in [4.69, 9.17) is 25.8 Å². The molecule has 0 spiro atoms. The fourth-order valence-electron chi connectivity index (χ4n) is 3.23. The van der Waals surface area contributed by atoms with Crippen LogP contribution in [-0.2, 0) is 4.79 Å². The average molecular weight is 388 g/mol. The van der Waals surface area contributed by atoms with E-state index in [9.17, 15) is 4.79 Å². The first-order chi connectivity index (χ1) is 13.1. The number of benzene rings is 2. The lowest BCUT2D eigenvalue weighted by Crippen LogP contribution is -2.33. The molecule has 5 nitrogen and oxygen atoms in total. The minimum Gasteiger partial charge on any atom is -0.486 e. The van der Waals surface area contributed by atoms with Crippen molar-refractivity contribution in [3.8, 4) is 17.2 Å². The monoisotopic (exact) mass is 387 g/mol. The summed E-state index contributed by atoms with van der Waals surface area (Å²) in [6, 6.07) is 11.2. The molecule has 0 aromatic heterocycles. The molecule has 1 unspecified atom stereocenters. The highest BCUT2D eigenvalue weighted by molar-refractivity contribution is 6.31. The molecular formula is C21H22ClNO4. The van der Waals surface area contributed by atoms with Crippen LogP contribution in [0.15, 0.2) is 36.4 Å². The van der Waals surface area contributed by atoms with Gasteiger partial charge in [-0.2, -0.15) is 0 Å². The van der Waals surface area contributed by atoms with Gasteiger partial charge in [-0.05, 0) is 67.1 Å². The lowest BCUT2D eigenvalue weighted by molar-refractivity contribution is -0.124. The Morgan fingerprint density at radius 2 is 1.96 bits per heavy atom. The van der Waals surface area contributed by atoms with Gasteiger partial charge in [-0.3, -0.25) is 4.79 Å². The molecule has 1 aliphatic carbocycles. The summed E-state index contributed by atoms with van der Waals surface area (Å²) in [6.07, 6.45) is 2.22. The number of amides is 1. The molecule has 2 aliphatic rings. The van der Waals surface area contributed by atoms with Gasteiger partial charge in [0.2, 0.25) is 0 Å². The first-order valence-corrected chi connectivity index (χ1v) is 9.56. The van der Waals surface area contributed by atoms with Crippen molar-refractivity contribution in [2.45, 2.75) is 25.8 Å². The second kappa shape index (κ2) is 7.69. The van der Waals surface area contributed by atoms with E-state index in [1.54, 1.807) is 12.1 Å². The summed E-state index contributed by atoms with van der Waals surface area (Å²) < 4.78 is 16.9. The molecule has 0 radical (unpaired) electrons. The van der Waals surface area contributed by atoms with Gasteiger partial charge < -0.3 is 19.5 Å². The van der Waals surface area contributed by atoms with E-state index in [-0.39, 0.29) is 18.6 Å². The van der Waals surface area contributed by atoms with Gasteiger partial charge in [-0.25, -0.2) is 0 Å². The largest absolute Gasteiger partial charge is 0.486 e. The van der Waals surface area contributed by atoms with E-state index in [1.165, 1.54) is 0 Å². The lowest BCUT2D eigenvalue weighted by Gasteiger charge is -2.23. The van der Waals surface area contributed by atoms with Crippen LogP contribution in [0.4, 0.5) is 0 Å². The molecule has 1 atom stereocenters. The van der Waals surface area contributed by atoms with Crippen LogP contribution in [0, 0.1) is 12.8 Å². The zero-order chi connectivity index (χ0) is 18.8. The number of fused-ring (bicyclic) bond motifs is 1. The van der Waals surface area contributed by atoms with Crippen molar-refractivity contribution in [2.24, 2.45) is 5.92 Å². The number of hydrogen-bond acceptors (Lipinski definition) is 4. The highest BCUT2D eigenvalue weighted by Crippen LogP contribution is 2.43. The quantitative estimate of drug-likeness (QED) is 0.811. The summed E-state index contributed by atoms with van der Waals surface area (Å²) in [5.74, 6) is 2.44. The Hall–Kier alpha value is -2.40. The summed E-state index contributed by atoms with van der Waals surface area (Å²) in [5, 5.41) is 3.79. The predicted octanol–water partition coefficient (Wildman–Crippen LogP) is 4.07. The highest BCUT2D eigenvalue weighted by Gasteiger charge is 2.34. The first kappa shape index (κ1) is 18.0. The van der Waals surface area contributed by atoms with Gasteiger partial charge in [0.25, 0.3) is 5.91 Å². The maximum Gasteiger partial charge on any atom is 0.258 e. The van der Waals surface area contributed by atoms with Gasteiger partial charge in [-0.15, -0.1) is 0 Å². The Morgan fingerprint density at radius 1 is 1.19 bits per heavy atom. The minimum atomic E-state index is -0.144. The number of hydrogen-bond donors (Lipinski definition) is 1. The highest BCUT2D eigenvalue weighted by atomic mass is 35.5. The maximum absolute atomic E-state index is 12.5. The SMILES string of the molecule is Cc1cc(OCC(=O)NC(c2ccc3c(c2)OCCO3)C2CC2)ccc1Cl. The van der Waals surface area contributed by atoms with Crippen molar-refractivity contribution < 1.29 is 19.0 Å². The number of carbonyl (C=O) groups excluding carboxylic acids is 1. The van der Waals surface area contributed by atoms with Crippen LogP contribution in [-0.4, -0.2) is 25.7 Å². The predicted molar refractivity (Wildman–Crippen MR) is 103 cm³/mol. The molecule has 27 heavy (non-hydrogen) atoms. The van der Waals surface area contributed by atoms with E-state index >= 15 is 0 Å². The molecule has 142 valence electrons. The molecule has 1 amide bonds. The molecular weight excluding hydrogens is 366 g/mol. The molecule has 1 aliphatic heterocycles. The fraction of sp³-hybridized carbons (Fsp3) is 0.381. The topological polar surface area (TPSA) is 56.8 Å². The number of rotatable bonds is 6. The van der Waals surface area contributed by atoms with Crippen molar-refractivity contribution in [2.75, 3.05) is 19.8 Å². The van der Waals surface area contributed by atoms with Crippen LogP contribution in [0.2, 0.25) is 5.02 Å². The lowest BCUT2D eigenvalue weighted by atomic mass is 10.0. The third-order valence-electron chi connectivity index (χ3n) is 4.83. The summed E-state index contributed by atoms with van der Waals surface area (Å²) in [5.41, 5.74) is 1.96. The smallest absolute Gasteiger partial charge is 0.258 e. The van der Waals surface area contributed by atoms with Crippen molar-refractivity contribution >= 4 is 17.5 Å². The van der Waals surface area contributed by atoms with Crippen LogP contribution < -0.4 is 19.5 Å². The number of carbonyl (C=O) groups is 1. The summed E-state index contributed by atoms with van der Waals surface area (Å²) >= 11 is 6.02. The summed E-state index contributed by atoms with van der Waals surface area (Å²) in [7, 11) is 0. The molecule has 1 fully saturated rings. The van der Waals surface area contributed by atoms with Crippen molar-refractivity contribution in [1.29, 1.82) is 0 Å². The number of halogens is 1. The Bertz CT molecular complexity index is 850. The van der Waals surface area contributed by atoms with Gasteiger partial charge in [-0.1, -0.05) is 17.7 Å². The molecule has 2 aromatic rings. The first-order valence-electron chi connectivity index (χ1n) is 9.18. The second-order valence-corrected chi connectivity index (χ2v) is 7.39. The number of ether oxygens (including phenoxy) is 3.